The van der Waals surface area contributed by atoms with E-state index in [0.29, 0.717) is 17.5 Å². The van der Waals surface area contributed by atoms with E-state index in [1.165, 1.54) is 81.4 Å². The number of aromatic nitrogens is 5. The molecule has 0 unspecified atom stereocenters. The summed E-state index contributed by atoms with van der Waals surface area (Å²) >= 11 is 0. The fourth-order valence-corrected chi connectivity index (χ4v) is 10.9. The van der Waals surface area contributed by atoms with Gasteiger partial charge in [0, 0.05) is 65.2 Å². The molecule has 0 atom stereocenters. The quantitative estimate of drug-likeness (QED) is 0.168. The molecule has 5 nitrogen and oxygen atoms in total. The van der Waals surface area contributed by atoms with Crippen molar-refractivity contribution in [3.05, 3.63) is 176 Å². The van der Waals surface area contributed by atoms with Crippen molar-refractivity contribution in [2.24, 2.45) is 0 Å². The van der Waals surface area contributed by atoms with Crippen LogP contribution in [0.2, 0.25) is 0 Å². The molecule has 5 heteroatoms. The minimum Gasteiger partial charge on any atom is -0.309 e. The summed E-state index contributed by atoms with van der Waals surface area (Å²) in [5.74, 6) is 1.95. The van der Waals surface area contributed by atoms with Crippen molar-refractivity contribution < 1.29 is 0 Å². The van der Waals surface area contributed by atoms with Crippen molar-refractivity contribution in [2.75, 3.05) is 0 Å². The molecule has 274 valence electrons. The zero-order chi connectivity index (χ0) is 38.8. The Morgan fingerprint density at radius 1 is 0.300 bits per heavy atom. The molecule has 10 aromatic carbocycles. The Bertz CT molecular complexity index is 4230. The molecule has 5 heterocycles. The molecule has 0 amide bonds. The van der Waals surface area contributed by atoms with Gasteiger partial charge in [-0.15, -0.1) is 0 Å². The molecular weight excluding hydrogens is 731 g/mol. The summed E-state index contributed by atoms with van der Waals surface area (Å²) in [6.07, 6.45) is 0. The van der Waals surface area contributed by atoms with Crippen molar-refractivity contribution in [1.82, 2.24) is 23.9 Å². The third kappa shape index (κ3) is 3.72. The van der Waals surface area contributed by atoms with Gasteiger partial charge in [0.05, 0.1) is 33.3 Å². The van der Waals surface area contributed by atoms with Gasteiger partial charge in [-0.3, -0.25) is 0 Å². The van der Waals surface area contributed by atoms with Gasteiger partial charge in [-0.05, 0) is 51.2 Å². The second kappa shape index (κ2) is 10.9. The zero-order valence-corrected chi connectivity index (χ0v) is 32.0. The maximum atomic E-state index is 5.29. The summed E-state index contributed by atoms with van der Waals surface area (Å²) < 4.78 is 5.11. The summed E-state index contributed by atoms with van der Waals surface area (Å²) in [7, 11) is 0. The molecule has 0 radical (unpaired) electrons. The number of nitrogens with zero attached hydrogens (tertiary/aromatic N) is 5. The topological polar surface area (TPSA) is 48.0 Å². The largest absolute Gasteiger partial charge is 0.309 e. The zero-order valence-electron chi connectivity index (χ0n) is 32.0. The Hall–Kier alpha value is -8.15. The molecule has 0 aliphatic carbocycles. The van der Waals surface area contributed by atoms with Gasteiger partial charge in [-0.2, -0.15) is 0 Å². The molecule has 15 aromatic rings. The lowest BCUT2D eigenvalue weighted by molar-refractivity contribution is 1.08. The number of hydrogen-bond acceptors (Lipinski definition) is 3. The highest BCUT2D eigenvalue weighted by Gasteiger charge is 2.28. The van der Waals surface area contributed by atoms with Gasteiger partial charge < -0.3 is 8.97 Å². The predicted octanol–water partition coefficient (Wildman–Crippen LogP) is 14.0. The van der Waals surface area contributed by atoms with Crippen LogP contribution in [0.5, 0.6) is 0 Å². The van der Waals surface area contributed by atoms with Gasteiger partial charge in [0.15, 0.2) is 17.5 Å². The highest BCUT2D eigenvalue weighted by atomic mass is 15.0. The third-order valence-electron chi connectivity index (χ3n) is 13.4. The lowest BCUT2D eigenvalue weighted by Gasteiger charge is -2.16. The van der Waals surface area contributed by atoms with Crippen molar-refractivity contribution in [2.45, 2.75) is 0 Å². The van der Waals surface area contributed by atoms with E-state index in [0.717, 1.165) is 43.9 Å². The van der Waals surface area contributed by atoms with Crippen LogP contribution in [0.15, 0.2) is 176 Å². The van der Waals surface area contributed by atoms with Crippen LogP contribution in [0.4, 0.5) is 0 Å². The first-order valence-corrected chi connectivity index (χ1v) is 20.5. The van der Waals surface area contributed by atoms with Gasteiger partial charge in [0.1, 0.15) is 0 Å². The van der Waals surface area contributed by atoms with E-state index in [4.69, 9.17) is 15.0 Å². The number of rotatable bonds is 4. The van der Waals surface area contributed by atoms with Gasteiger partial charge in [-0.1, -0.05) is 152 Å². The standard InChI is InChI=1S/C55H29N5/c1-2-11-33(12-3-1)53-56-54(41-19-8-13-30-10-4-5-14-34(30)41)58-55(57-53)42-26-28-43(36-16-7-6-15-35(36)42)59-44-27-23-31-20-21-32-22-24-39-37-17-9-18-38-40-25-29-45(59)49-48(44)46(31)47(32)51(39)60(50(37)38)52(40)49/h1-29H. The summed E-state index contributed by atoms with van der Waals surface area (Å²) in [4.78, 5) is 15.6. The van der Waals surface area contributed by atoms with Crippen LogP contribution in [-0.4, -0.2) is 23.9 Å². The van der Waals surface area contributed by atoms with Crippen LogP contribution >= 0.6 is 0 Å². The van der Waals surface area contributed by atoms with Crippen LogP contribution in [0.3, 0.4) is 0 Å². The third-order valence-corrected chi connectivity index (χ3v) is 13.4. The van der Waals surface area contributed by atoms with E-state index in [-0.39, 0.29) is 0 Å². The molecule has 0 fully saturated rings. The Morgan fingerprint density at radius 3 is 1.68 bits per heavy atom. The summed E-state index contributed by atoms with van der Waals surface area (Å²) in [6, 6.07) is 63.7. The molecule has 0 aliphatic rings. The van der Waals surface area contributed by atoms with Gasteiger partial charge >= 0.3 is 0 Å². The average molecular weight is 760 g/mol. The van der Waals surface area contributed by atoms with Crippen LogP contribution in [0.25, 0.3) is 143 Å². The van der Waals surface area contributed by atoms with Crippen molar-refractivity contribution in [3.8, 4) is 39.9 Å². The first kappa shape index (κ1) is 30.9. The predicted molar refractivity (Wildman–Crippen MR) is 249 cm³/mol. The number of para-hydroxylation sites is 1. The Labute approximate surface area is 341 Å². The Morgan fingerprint density at radius 2 is 0.850 bits per heavy atom. The highest BCUT2D eigenvalue weighted by molar-refractivity contribution is 6.42. The van der Waals surface area contributed by atoms with E-state index in [2.05, 4.69) is 167 Å². The molecule has 0 saturated heterocycles. The molecular formula is C55H29N5. The summed E-state index contributed by atoms with van der Waals surface area (Å²) in [5.41, 5.74) is 10.4. The molecule has 15 rings (SSSR count). The highest BCUT2D eigenvalue weighted by Crippen LogP contribution is 2.51. The van der Waals surface area contributed by atoms with E-state index in [1.807, 2.05) is 18.2 Å². The van der Waals surface area contributed by atoms with Crippen molar-refractivity contribution in [3.63, 3.8) is 0 Å². The molecule has 0 aliphatic heterocycles. The van der Waals surface area contributed by atoms with E-state index >= 15 is 0 Å². The fraction of sp³-hybridized carbons (Fsp3) is 0. The monoisotopic (exact) mass is 759 g/mol. The lowest BCUT2D eigenvalue weighted by atomic mass is 9.96. The maximum Gasteiger partial charge on any atom is 0.164 e. The maximum absolute atomic E-state index is 5.29. The minimum atomic E-state index is 0.646. The van der Waals surface area contributed by atoms with Crippen LogP contribution in [0, 0.1) is 0 Å². The second-order valence-electron chi connectivity index (χ2n) is 16.3. The molecule has 0 bridgehead atoms. The molecule has 60 heavy (non-hydrogen) atoms. The number of benzene rings is 10. The Balaban J connectivity index is 1.05. The van der Waals surface area contributed by atoms with Crippen molar-refractivity contribution in [1.29, 1.82) is 0 Å². The number of fused-ring (bicyclic) bond motifs is 4. The van der Waals surface area contributed by atoms with Crippen LogP contribution in [0.1, 0.15) is 0 Å². The fourth-order valence-electron chi connectivity index (χ4n) is 10.9. The minimum absolute atomic E-state index is 0.646. The van der Waals surface area contributed by atoms with Crippen molar-refractivity contribution >= 4 is 103 Å². The first-order chi connectivity index (χ1) is 29.8. The van der Waals surface area contributed by atoms with Gasteiger partial charge in [0.2, 0.25) is 0 Å². The van der Waals surface area contributed by atoms with Crippen LogP contribution < -0.4 is 0 Å². The van der Waals surface area contributed by atoms with Gasteiger partial charge in [0.25, 0.3) is 0 Å². The van der Waals surface area contributed by atoms with E-state index in [9.17, 15) is 0 Å². The first-order valence-electron chi connectivity index (χ1n) is 20.5. The summed E-state index contributed by atoms with van der Waals surface area (Å²) in [6.45, 7) is 0. The molecule has 0 saturated carbocycles. The molecule has 0 N–H and O–H groups in total. The van der Waals surface area contributed by atoms with E-state index in [1.54, 1.807) is 0 Å². The SMILES string of the molecule is c1ccc(-c2nc(-c3cccc4ccccc34)nc(-c3ccc(-n4c5ccc6ccc7ccc8c9cccc%10c%11ccc4c4c5c6c7c8n(c9%10)c%114)c4ccccc34)n2)cc1. The molecule has 5 aromatic heterocycles. The average Bonchev–Trinajstić information content (AvgIpc) is 3.92. The molecule has 0 spiro atoms. The summed E-state index contributed by atoms with van der Waals surface area (Å²) in [5, 5.41) is 17.6. The lowest BCUT2D eigenvalue weighted by Crippen LogP contribution is -2.02. The number of hydrogen-bond donors (Lipinski definition) is 0. The smallest absolute Gasteiger partial charge is 0.164 e. The van der Waals surface area contributed by atoms with E-state index < -0.39 is 0 Å². The van der Waals surface area contributed by atoms with Crippen LogP contribution in [-0.2, 0) is 0 Å². The Kier molecular flexibility index (Phi) is 5.60. The normalized spacial score (nSPS) is 12.7. The van der Waals surface area contributed by atoms with Gasteiger partial charge in [-0.25, -0.2) is 15.0 Å². The second-order valence-corrected chi connectivity index (χ2v) is 16.3.